The normalized spacial score (nSPS) is 13.5. The Bertz CT molecular complexity index is 198. The Balaban J connectivity index is 4.64. The van der Waals surface area contributed by atoms with Crippen LogP contribution in [0.2, 0.25) is 0 Å². The molecule has 0 fully saturated rings. The molecule has 0 N–H and O–H groups in total. The van der Waals surface area contributed by atoms with Crippen LogP contribution < -0.4 is 0 Å². The zero-order chi connectivity index (χ0) is 9.23. The third-order valence-electron chi connectivity index (χ3n) is 1.34. The van der Waals surface area contributed by atoms with Crippen LogP contribution >= 0.6 is 0 Å². The van der Waals surface area contributed by atoms with Gasteiger partial charge in [0.2, 0.25) is 10.0 Å². The molecule has 0 atom stereocenters. The minimum atomic E-state index is -3.28. The summed E-state index contributed by atoms with van der Waals surface area (Å²) in [6.45, 7) is 7.34. The molecule has 0 spiro atoms. The van der Waals surface area contributed by atoms with Crippen molar-refractivity contribution in [3.8, 4) is 0 Å². The van der Waals surface area contributed by atoms with E-state index in [4.69, 9.17) is 0 Å². The Morgan fingerprint density at radius 1 is 1.09 bits per heavy atom. The van der Waals surface area contributed by atoms with E-state index in [1.165, 1.54) is 4.31 Å². The summed E-state index contributed by atoms with van der Waals surface area (Å²) in [7, 11) is -3.28. The van der Waals surface area contributed by atoms with Crippen LogP contribution in [0.5, 0.6) is 0 Å². The molecule has 0 aliphatic rings. The Morgan fingerprint density at radius 2 is 1.36 bits per heavy atom. The minimum Gasteiger partial charge on any atom is -0.212 e. The second-order valence-corrected chi connectivity index (χ2v) is 4.71. The fourth-order valence-corrected chi connectivity index (χ4v) is 2.52. The first-order chi connectivity index (χ1) is 4.76. The lowest BCUT2D eigenvalue weighted by atomic mass is 10.3. The minimum absolute atomic E-state index is 0.0162. The smallest absolute Gasteiger partial charge is 0.212 e. The summed E-state index contributed by atoms with van der Waals surface area (Å²) in [5, 5.41) is 0. The van der Waals surface area contributed by atoms with Gasteiger partial charge in [0.25, 0.3) is 0 Å². The van der Waals surface area contributed by atoms with E-state index < -0.39 is 10.0 Å². The van der Waals surface area contributed by atoms with Crippen LogP contribution in [0.15, 0.2) is 0 Å². The molecule has 0 aromatic carbocycles. The molecule has 0 aromatic heterocycles. The van der Waals surface area contributed by atoms with Gasteiger partial charge in [-0.25, -0.2) is 8.42 Å². The molecule has 0 aliphatic heterocycles. The Kier molecular flexibility index (Phi) is 3.51. The lowest BCUT2D eigenvalue weighted by Gasteiger charge is -2.27. The van der Waals surface area contributed by atoms with Gasteiger partial charge in [-0.15, -0.1) is 0 Å². The first-order valence-corrected chi connectivity index (χ1v) is 5.24. The van der Waals surface area contributed by atoms with Crippen LogP contribution in [-0.2, 0) is 10.0 Å². The van der Waals surface area contributed by atoms with E-state index in [0.29, 0.717) is 0 Å². The van der Waals surface area contributed by atoms with E-state index in [1.54, 1.807) is 0 Å². The molecular weight excluding hydrogens is 162 g/mol. The number of rotatable bonds is 3. The molecule has 0 aromatic rings. The summed E-state index contributed by atoms with van der Waals surface area (Å²) in [6.07, 6.45) is 3.11. The number of nitrogens with zero attached hydrogens (tertiary/aromatic N) is 1. The fourth-order valence-electron chi connectivity index (χ4n) is 1.24. The highest BCUT2D eigenvalue weighted by atomic mass is 32.2. The number of hydrogen-bond acceptors (Lipinski definition) is 2. The van der Waals surface area contributed by atoms with Gasteiger partial charge >= 0.3 is 0 Å². The van der Waals surface area contributed by atoms with Gasteiger partial charge in [-0.1, -0.05) is 0 Å². The van der Waals surface area contributed by atoms with Gasteiger partial charge < -0.3 is 0 Å². The molecule has 1 radical (unpaired) electrons. The van der Waals surface area contributed by atoms with Crippen molar-refractivity contribution in [2.75, 3.05) is 0 Å². The van der Waals surface area contributed by atoms with E-state index in [0.717, 1.165) is 0 Å². The second kappa shape index (κ2) is 3.54. The highest BCUT2D eigenvalue weighted by Gasteiger charge is 2.22. The van der Waals surface area contributed by atoms with Crippen molar-refractivity contribution < 1.29 is 8.42 Å². The van der Waals surface area contributed by atoms with Gasteiger partial charge in [-0.05, 0) is 27.7 Å². The number of hydrogen-bond donors (Lipinski definition) is 0. The maximum atomic E-state index is 11.0. The van der Waals surface area contributed by atoms with Crippen molar-refractivity contribution in [2.24, 2.45) is 0 Å². The molecule has 0 aliphatic carbocycles. The van der Waals surface area contributed by atoms with Crippen LogP contribution in [0.3, 0.4) is 0 Å². The average Bonchev–Trinajstić information content (AvgIpc) is 1.54. The first kappa shape index (κ1) is 10.9. The summed E-state index contributed by atoms with van der Waals surface area (Å²) in [5.74, 6) is 0. The summed E-state index contributed by atoms with van der Waals surface area (Å²) in [4.78, 5) is 0. The Morgan fingerprint density at radius 3 is 1.36 bits per heavy atom. The van der Waals surface area contributed by atoms with Crippen molar-refractivity contribution in [3.05, 3.63) is 6.26 Å². The largest absolute Gasteiger partial charge is 0.215 e. The summed E-state index contributed by atoms with van der Waals surface area (Å²) in [5.41, 5.74) is 0. The summed E-state index contributed by atoms with van der Waals surface area (Å²) in [6, 6.07) is -0.0324. The Labute approximate surface area is 69.4 Å². The predicted molar refractivity (Wildman–Crippen MR) is 46.4 cm³/mol. The van der Waals surface area contributed by atoms with Crippen molar-refractivity contribution >= 4 is 10.0 Å². The third-order valence-corrected chi connectivity index (χ3v) is 2.82. The van der Waals surface area contributed by atoms with Crippen LogP contribution in [-0.4, -0.2) is 24.8 Å². The monoisotopic (exact) mass is 178 g/mol. The van der Waals surface area contributed by atoms with Gasteiger partial charge in [0, 0.05) is 12.1 Å². The van der Waals surface area contributed by atoms with Gasteiger partial charge in [-0.3, -0.25) is 0 Å². The topological polar surface area (TPSA) is 37.4 Å². The van der Waals surface area contributed by atoms with Gasteiger partial charge in [0.05, 0.1) is 6.26 Å². The molecule has 0 unspecified atom stereocenters. The fraction of sp³-hybridized carbons (Fsp3) is 0.857. The van der Waals surface area contributed by atoms with Crippen molar-refractivity contribution in [1.29, 1.82) is 0 Å². The van der Waals surface area contributed by atoms with Gasteiger partial charge in [0.1, 0.15) is 0 Å². The average molecular weight is 178 g/mol. The second-order valence-electron chi connectivity index (χ2n) is 3.13. The molecule has 0 saturated heterocycles. The molecule has 11 heavy (non-hydrogen) atoms. The van der Waals surface area contributed by atoms with Crippen LogP contribution in [0.25, 0.3) is 0 Å². The van der Waals surface area contributed by atoms with E-state index in [1.807, 2.05) is 27.7 Å². The van der Waals surface area contributed by atoms with E-state index >= 15 is 0 Å². The van der Waals surface area contributed by atoms with Gasteiger partial charge in [-0.2, -0.15) is 4.31 Å². The van der Waals surface area contributed by atoms with Crippen molar-refractivity contribution in [3.63, 3.8) is 0 Å². The molecule has 0 bridgehead atoms. The van der Waals surface area contributed by atoms with Gasteiger partial charge in [0.15, 0.2) is 0 Å². The molecule has 0 amide bonds. The molecular formula is C7H16NO2S. The van der Waals surface area contributed by atoms with E-state index in [2.05, 4.69) is 6.26 Å². The quantitative estimate of drug-likeness (QED) is 0.651. The molecule has 67 valence electrons. The van der Waals surface area contributed by atoms with Crippen molar-refractivity contribution in [1.82, 2.24) is 4.31 Å². The predicted octanol–water partition coefficient (Wildman–Crippen LogP) is 1.23. The number of sulfonamides is 1. The molecule has 0 heterocycles. The molecule has 3 nitrogen and oxygen atoms in total. The zero-order valence-corrected chi connectivity index (χ0v) is 8.35. The van der Waals surface area contributed by atoms with Crippen LogP contribution in [0, 0.1) is 6.26 Å². The highest BCUT2D eigenvalue weighted by Crippen LogP contribution is 2.10. The first-order valence-electron chi connectivity index (χ1n) is 3.63. The van der Waals surface area contributed by atoms with E-state index in [-0.39, 0.29) is 12.1 Å². The molecule has 0 saturated carbocycles. The van der Waals surface area contributed by atoms with Crippen molar-refractivity contribution in [2.45, 2.75) is 39.8 Å². The zero-order valence-electron chi connectivity index (χ0n) is 7.53. The SMILES string of the molecule is [CH2]S(=O)(=O)N(C(C)C)C(C)C. The van der Waals surface area contributed by atoms with Crippen LogP contribution in [0.4, 0.5) is 0 Å². The maximum absolute atomic E-state index is 11.0. The maximum Gasteiger partial charge on any atom is 0.215 e. The lowest BCUT2D eigenvalue weighted by Crippen LogP contribution is -2.40. The van der Waals surface area contributed by atoms with Crippen LogP contribution in [0.1, 0.15) is 27.7 Å². The lowest BCUT2D eigenvalue weighted by molar-refractivity contribution is 0.306. The summed E-state index contributed by atoms with van der Waals surface area (Å²) < 4.78 is 23.4. The Hall–Kier alpha value is -0.0900. The standard InChI is InChI=1S/C7H16NO2S/c1-6(2)8(7(3)4)11(5,9)10/h6-7H,5H2,1-4H3. The summed E-state index contributed by atoms with van der Waals surface area (Å²) >= 11 is 0. The van der Waals surface area contributed by atoms with E-state index in [9.17, 15) is 8.42 Å². The highest BCUT2D eigenvalue weighted by molar-refractivity contribution is 7.90. The third kappa shape index (κ3) is 3.20. The molecule has 0 rings (SSSR count). The molecule has 4 heteroatoms.